The second-order valence-electron chi connectivity index (χ2n) is 5.89. The van der Waals surface area contributed by atoms with E-state index in [1.54, 1.807) is 7.11 Å². The van der Waals surface area contributed by atoms with Crippen molar-refractivity contribution in [3.05, 3.63) is 77.0 Å². The summed E-state index contributed by atoms with van der Waals surface area (Å²) in [5.41, 5.74) is 3.42. The first-order valence-corrected chi connectivity index (χ1v) is 8.42. The smallest absolute Gasteiger partial charge is 0.263 e. The standard InChI is InChI=1S/C21H23N3O2/c1-16-3-5-17(6-4-16)11-12-23-15-19(13-22)21(25)24-14-18-7-9-20(26-2)10-8-18/h3-10,15,23H,11-12,14H2,1-2H3,(H,24,25)/b19-15-. The van der Waals surface area contributed by atoms with Crippen LogP contribution in [0.15, 0.2) is 60.3 Å². The summed E-state index contributed by atoms with van der Waals surface area (Å²) in [5, 5.41) is 14.9. The molecular weight excluding hydrogens is 326 g/mol. The second-order valence-corrected chi connectivity index (χ2v) is 5.89. The average molecular weight is 349 g/mol. The third-order valence-electron chi connectivity index (χ3n) is 3.90. The summed E-state index contributed by atoms with van der Waals surface area (Å²) in [4.78, 5) is 12.1. The molecule has 0 fully saturated rings. The van der Waals surface area contributed by atoms with Crippen LogP contribution in [0, 0.1) is 18.3 Å². The van der Waals surface area contributed by atoms with Gasteiger partial charge in [0.2, 0.25) is 0 Å². The number of nitrogens with zero attached hydrogens (tertiary/aromatic N) is 1. The van der Waals surface area contributed by atoms with Gasteiger partial charge in [-0.3, -0.25) is 4.79 Å². The number of benzene rings is 2. The van der Waals surface area contributed by atoms with E-state index < -0.39 is 5.91 Å². The Morgan fingerprint density at radius 2 is 1.77 bits per heavy atom. The Hall–Kier alpha value is -3.26. The van der Waals surface area contributed by atoms with E-state index >= 15 is 0 Å². The van der Waals surface area contributed by atoms with Crippen LogP contribution in [0.5, 0.6) is 5.75 Å². The fourth-order valence-corrected chi connectivity index (χ4v) is 2.32. The van der Waals surface area contributed by atoms with E-state index in [1.807, 2.05) is 30.3 Å². The Morgan fingerprint density at radius 1 is 1.12 bits per heavy atom. The van der Waals surface area contributed by atoms with Crippen LogP contribution in [-0.2, 0) is 17.8 Å². The monoisotopic (exact) mass is 349 g/mol. The van der Waals surface area contributed by atoms with Crippen LogP contribution in [0.4, 0.5) is 0 Å². The van der Waals surface area contributed by atoms with E-state index in [4.69, 9.17) is 4.74 Å². The van der Waals surface area contributed by atoms with E-state index in [1.165, 1.54) is 17.3 Å². The van der Waals surface area contributed by atoms with Crippen molar-refractivity contribution in [3.63, 3.8) is 0 Å². The van der Waals surface area contributed by atoms with Crippen molar-refractivity contribution in [2.24, 2.45) is 0 Å². The topological polar surface area (TPSA) is 74.1 Å². The number of rotatable bonds is 8. The Kier molecular flexibility index (Phi) is 7.26. The molecule has 0 aliphatic carbocycles. The highest BCUT2D eigenvalue weighted by Gasteiger charge is 2.08. The number of carbonyl (C=O) groups is 1. The van der Waals surface area contributed by atoms with Crippen LogP contribution in [0.25, 0.3) is 0 Å². The molecule has 0 aromatic heterocycles. The predicted molar refractivity (Wildman–Crippen MR) is 101 cm³/mol. The van der Waals surface area contributed by atoms with Gasteiger partial charge < -0.3 is 15.4 Å². The van der Waals surface area contributed by atoms with Crippen molar-refractivity contribution in [1.82, 2.24) is 10.6 Å². The summed E-state index contributed by atoms with van der Waals surface area (Å²) in [5.74, 6) is 0.363. The molecule has 2 aromatic rings. The van der Waals surface area contributed by atoms with Crippen LogP contribution in [-0.4, -0.2) is 19.6 Å². The fraction of sp³-hybridized carbons (Fsp3) is 0.238. The molecule has 0 heterocycles. The van der Waals surface area contributed by atoms with Crippen molar-refractivity contribution in [3.8, 4) is 11.8 Å². The number of methoxy groups -OCH3 is 1. The summed E-state index contributed by atoms with van der Waals surface area (Å²) >= 11 is 0. The normalized spacial score (nSPS) is 10.7. The van der Waals surface area contributed by atoms with Gasteiger partial charge in [0.05, 0.1) is 7.11 Å². The molecule has 0 aliphatic heterocycles. The molecule has 5 nitrogen and oxygen atoms in total. The van der Waals surface area contributed by atoms with Crippen LogP contribution in [0.2, 0.25) is 0 Å². The van der Waals surface area contributed by atoms with Gasteiger partial charge in [0.1, 0.15) is 17.4 Å². The molecule has 2 N–H and O–H groups in total. The molecule has 0 unspecified atom stereocenters. The Bertz CT molecular complexity index is 788. The highest BCUT2D eigenvalue weighted by atomic mass is 16.5. The zero-order valence-electron chi connectivity index (χ0n) is 15.1. The van der Waals surface area contributed by atoms with Crippen molar-refractivity contribution in [2.75, 3.05) is 13.7 Å². The number of carbonyl (C=O) groups excluding carboxylic acids is 1. The number of nitrogens with one attached hydrogen (secondary N) is 2. The molecular formula is C21H23N3O2. The third kappa shape index (κ3) is 5.99. The maximum Gasteiger partial charge on any atom is 0.263 e. The number of aryl methyl sites for hydroxylation is 1. The van der Waals surface area contributed by atoms with E-state index in [9.17, 15) is 10.1 Å². The molecule has 2 aromatic carbocycles. The Labute approximate surface area is 154 Å². The van der Waals surface area contributed by atoms with Gasteiger partial charge in [-0.05, 0) is 36.6 Å². The second kappa shape index (κ2) is 9.90. The first-order valence-electron chi connectivity index (χ1n) is 8.42. The first-order chi connectivity index (χ1) is 12.6. The molecule has 0 saturated heterocycles. The summed E-state index contributed by atoms with van der Waals surface area (Å²) in [6, 6.07) is 17.6. The van der Waals surface area contributed by atoms with Crippen molar-refractivity contribution >= 4 is 5.91 Å². The maximum atomic E-state index is 12.1. The summed E-state index contributed by atoms with van der Waals surface area (Å²) in [7, 11) is 1.60. The minimum atomic E-state index is -0.397. The van der Waals surface area contributed by atoms with E-state index in [-0.39, 0.29) is 5.57 Å². The molecule has 134 valence electrons. The Balaban J connectivity index is 1.80. The number of nitriles is 1. The number of hydrogen-bond acceptors (Lipinski definition) is 4. The number of ether oxygens (including phenoxy) is 1. The van der Waals surface area contributed by atoms with Crippen LogP contribution in [0.3, 0.4) is 0 Å². The van der Waals surface area contributed by atoms with E-state index in [0.29, 0.717) is 13.1 Å². The van der Waals surface area contributed by atoms with E-state index in [2.05, 4.69) is 41.8 Å². The average Bonchev–Trinajstić information content (AvgIpc) is 2.68. The van der Waals surface area contributed by atoms with Gasteiger partial charge in [-0.25, -0.2) is 0 Å². The summed E-state index contributed by atoms with van der Waals surface area (Å²) < 4.78 is 5.10. The summed E-state index contributed by atoms with van der Waals surface area (Å²) in [6.07, 6.45) is 2.29. The van der Waals surface area contributed by atoms with Gasteiger partial charge in [0.25, 0.3) is 5.91 Å². The van der Waals surface area contributed by atoms with Crippen LogP contribution in [0.1, 0.15) is 16.7 Å². The largest absolute Gasteiger partial charge is 0.497 e. The lowest BCUT2D eigenvalue weighted by molar-refractivity contribution is -0.117. The first kappa shape index (κ1) is 19.1. The van der Waals surface area contributed by atoms with E-state index in [0.717, 1.165) is 17.7 Å². The van der Waals surface area contributed by atoms with Gasteiger partial charge in [0.15, 0.2) is 0 Å². The number of hydrogen-bond donors (Lipinski definition) is 2. The quantitative estimate of drug-likeness (QED) is 0.437. The van der Waals surface area contributed by atoms with Crippen molar-refractivity contribution < 1.29 is 9.53 Å². The highest BCUT2D eigenvalue weighted by molar-refractivity contribution is 5.97. The van der Waals surface area contributed by atoms with Crippen LogP contribution >= 0.6 is 0 Å². The van der Waals surface area contributed by atoms with Gasteiger partial charge in [-0.15, -0.1) is 0 Å². The predicted octanol–water partition coefficient (Wildman–Crippen LogP) is 2.86. The van der Waals surface area contributed by atoms with Crippen molar-refractivity contribution in [2.45, 2.75) is 19.9 Å². The third-order valence-corrected chi connectivity index (χ3v) is 3.90. The zero-order valence-corrected chi connectivity index (χ0v) is 15.1. The lowest BCUT2D eigenvalue weighted by Crippen LogP contribution is -2.25. The number of amides is 1. The van der Waals surface area contributed by atoms with Crippen molar-refractivity contribution in [1.29, 1.82) is 5.26 Å². The highest BCUT2D eigenvalue weighted by Crippen LogP contribution is 2.11. The maximum absolute atomic E-state index is 12.1. The van der Waals surface area contributed by atoms with Gasteiger partial charge >= 0.3 is 0 Å². The summed E-state index contributed by atoms with van der Waals surface area (Å²) in [6.45, 7) is 3.06. The van der Waals surface area contributed by atoms with Gasteiger partial charge in [-0.2, -0.15) is 5.26 Å². The van der Waals surface area contributed by atoms with Gasteiger partial charge in [-0.1, -0.05) is 42.0 Å². The molecule has 0 bridgehead atoms. The van der Waals surface area contributed by atoms with Crippen LogP contribution < -0.4 is 15.4 Å². The molecule has 0 saturated carbocycles. The lowest BCUT2D eigenvalue weighted by Gasteiger charge is -2.06. The minimum Gasteiger partial charge on any atom is -0.497 e. The molecule has 0 atom stereocenters. The molecule has 2 rings (SSSR count). The molecule has 1 amide bonds. The lowest BCUT2D eigenvalue weighted by atomic mass is 10.1. The fourth-order valence-electron chi connectivity index (χ4n) is 2.32. The molecule has 5 heteroatoms. The van der Waals surface area contributed by atoms with Gasteiger partial charge in [0, 0.05) is 19.3 Å². The molecule has 0 radical (unpaired) electrons. The SMILES string of the molecule is COc1ccc(CNC(=O)/C(C#N)=C\NCCc2ccc(C)cc2)cc1. The molecule has 26 heavy (non-hydrogen) atoms. The Morgan fingerprint density at radius 3 is 2.38 bits per heavy atom. The molecule has 0 aliphatic rings. The minimum absolute atomic E-state index is 0.0578. The zero-order chi connectivity index (χ0) is 18.8. The molecule has 0 spiro atoms.